The highest BCUT2D eigenvalue weighted by Gasteiger charge is 2.38. The fourth-order valence-corrected chi connectivity index (χ4v) is 12.8. The number of carbonyl (C=O) groups is 14. The van der Waals surface area contributed by atoms with E-state index in [2.05, 4.69) is 73.9 Å². The van der Waals surface area contributed by atoms with Crippen LogP contribution in [-0.2, 0) is 64.0 Å². The smallest absolute Gasteiger partial charge is 0.303 e. The van der Waals surface area contributed by atoms with Crippen LogP contribution >= 0.6 is 11.8 Å². The third-order valence-corrected chi connectivity index (χ3v) is 18.9. The zero-order chi connectivity index (χ0) is 82.1. The molecule has 1 aliphatic heterocycles. The van der Waals surface area contributed by atoms with Crippen LogP contribution in [0.1, 0.15) is 130 Å². The Balaban J connectivity index is 1.24. The number of aromatic nitrogens is 3. The molecule has 36 nitrogen and oxygen atoms in total. The summed E-state index contributed by atoms with van der Waals surface area (Å²) in [6.07, 6.45) is -2.22. The van der Waals surface area contributed by atoms with Crippen LogP contribution in [0.15, 0.2) is 107 Å². The minimum atomic E-state index is -1.85. The summed E-state index contributed by atoms with van der Waals surface area (Å²) in [4.78, 5) is 202. The Morgan fingerprint density at radius 2 is 1.21 bits per heavy atom. The minimum Gasteiger partial charge on any atom is -0.481 e. The van der Waals surface area contributed by atoms with E-state index < -0.39 is 188 Å². The van der Waals surface area contributed by atoms with E-state index in [1.54, 1.807) is 123 Å². The summed E-state index contributed by atoms with van der Waals surface area (Å²) < 4.78 is 1.02. The number of amides is 12. The van der Waals surface area contributed by atoms with Crippen molar-refractivity contribution in [2.24, 2.45) is 28.9 Å². The molecule has 0 radical (unpaired) electrons. The van der Waals surface area contributed by atoms with Crippen LogP contribution in [0.25, 0.3) is 23.1 Å². The molecule has 3 aromatic carbocycles. The van der Waals surface area contributed by atoms with E-state index in [1.165, 1.54) is 25.7 Å². The highest BCUT2D eigenvalue weighted by Crippen LogP contribution is 2.34. The first-order valence-corrected chi connectivity index (χ1v) is 37.7. The number of nitrogens with zero attached hydrogens (tertiary/aromatic N) is 3. The van der Waals surface area contributed by atoms with Crippen molar-refractivity contribution in [3.05, 3.63) is 120 Å². The number of hydrogen-bond acceptors (Lipinski definition) is 23. The Morgan fingerprint density at radius 1 is 0.616 bits per heavy atom. The van der Waals surface area contributed by atoms with Crippen LogP contribution in [0, 0.1) is 5.92 Å². The lowest BCUT2D eigenvalue weighted by molar-refractivity contribution is -0.137. The van der Waals surface area contributed by atoms with Gasteiger partial charge in [0, 0.05) is 60.6 Å². The number of aliphatic hydroxyl groups is 2. The van der Waals surface area contributed by atoms with Crippen molar-refractivity contribution in [3.8, 4) is 0 Å². The molecule has 1 fully saturated rings. The molecule has 2 aromatic heterocycles. The van der Waals surface area contributed by atoms with E-state index in [0.717, 1.165) is 11.6 Å². The summed E-state index contributed by atoms with van der Waals surface area (Å²) >= 11 is 1.22. The van der Waals surface area contributed by atoms with Crippen molar-refractivity contribution in [2.75, 3.05) is 39.8 Å². The molecule has 0 unspecified atom stereocenters. The van der Waals surface area contributed by atoms with Gasteiger partial charge in [0.1, 0.15) is 60.4 Å². The van der Waals surface area contributed by atoms with Crippen molar-refractivity contribution in [1.82, 2.24) is 78.6 Å². The first-order chi connectivity index (χ1) is 53.5. The maximum Gasteiger partial charge on any atom is 0.303 e. The number of aliphatic carboxylic acids is 1. The van der Waals surface area contributed by atoms with Crippen LogP contribution in [0.2, 0.25) is 0 Å². The van der Waals surface area contributed by atoms with E-state index in [0.29, 0.717) is 37.7 Å². The molecule has 12 atom stereocenters. The molecule has 0 saturated carbocycles. The number of rotatable bonds is 33. The number of hydrogen-bond donors (Lipinski definition) is 19. The second-order valence-electron chi connectivity index (χ2n) is 27.1. The molecular weight excluding hydrogens is 1470 g/mol. The summed E-state index contributed by atoms with van der Waals surface area (Å²) in [5.41, 5.74) is 25.7. The Kier molecular flexibility index (Phi) is 36.3. The minimum absolute atomic E-state index is 0.0192. The van der Waals surface area contributed by atoms with Gasteiger partial charge < -0.3 is 102 Å². The van der Waals surface area contributed by atoms with Crippen molar-refractivity contribution in [2.45, 2.75) is 187 Å². The fourth-order valence-electron chi connectivity index (χ4n) is 11.9. The lowest BCUT2D eigenvalue weighted by Gasteiger charge is -2.28. The maximum absolute atomic E-state index is 14.7. The van der Waals surface area contributed by atoms with Gasteiger partial charge in [-0.1, -0.05) is 74.1 Å². The molecule has 5 aromatic rings. The summed E-state index contributed by atoms with van der Waals surface area (Å²) in [6.45, 7) is 4.69. The van der Waals surface area contributed by atoms with Crippen molar-refractivity contribution in [3.63, 3.8) is 0 Å². The number of pyridine rings is 1. The summed E-state index contributed by atoms with van der Waals surface area (Å²) in [5, 5.41) is 67.3. The van der Waals surface area contributed by atoms with Crippen LogP contribution in [0.4, 0.5) is 0 Å². The largest absolute Gasteiger partial charge is 0.481 e. The third kappa shape index (κ3) is 27.7. The lowest BCUT2D eigenvalue weighted by atomic mass is 10.00. The lowest BCUT2D eigenvalue weighted by Crippen LogP contribution is -2.61. The number of carbonyl (C=O) groups excluding carboxylic acids is 13. The monoisotopic (exact) mass is 1570 g/mol. The first kappa shape index (κ1) is 89.8. The van der Waals surface area contributed by atoms with Crippen LogP contribution in [0.3, 0.4) is 0 Å². The van der Waals surface area contributed by atoms with E-state index in [1.807, 2.05) is 0 Å². The van der Waals surface area contributed by atoms with Gasteiger partial charge in [0.15, 0.2) is 0 Å². The standard InChI is InChI=1S/C75H103N19O17S/c1-41(2)38-56-71(107)84-50(18-13-32-76)66(102)86-53(30-35-79)70(106)92-63(42(3)95)73(109)82-37-31-54(69(105)85-51(28-33-77)68(104)90-57(72(108)89-56)39-44-14-7-6-8-15-44)87-67(103)52(29-34-78)88-74(110)64(43(4)96)91-61(98)26-25-60(97)83-55(24-27-62(99)100)75(111)94-58-40-46(112-59-19-10-9-17-48(59)65(101)80-5)21-22-47(58)49(93-94)23-20-45-16-11-12-36-81-45/h6-12,14-17,19-23,36,40-43,50-57,63-64,95-96H,13,18,24-35,37-39,76-79H2,1-5H3,(H,80,101)(H,82,109)(H,83,97)(H,84,107)(H,85,105)(H,86,102)(H,87,103)(H,88,110)(H,89,108)(H,90,104)(H,91,98)(H,92,106)(H,99,100)/b23-20+/t42-,43-,50+,51+,52+,53+,54+,55+,56+,57-,63+,64+/m1/s1. The molecule has 23 N–H and O–H groups in total. The van der Waals surface area contributed by atoms with Crippen LogP contribution in [-0.4, -0.2) is 225 Å². The Bertz CT molecular complexity index is 4130. The molecule has 0 aliphatic carbocycles. The highest BCUT2D eigenvalue weighted by molar-refractivity contribution is 7.99. The second-order valence-corrected chi connectivity index (χ2v) is 28.3. The van der Waals surface area contributed by atoms with E-state index in [4.69, 9.17) is 22.9 Å². The first-order valence-electron chi connectivity index (χ1n) is 36.9. The highest BCUT2D eigenvalue weighted by atomic mass is 32.2. The number of carboxylic acid groups (broad SMARTS) is 1. The quantitative estimate of drug-likeness (QED) is 0.0208. The molecule has 1 saturated heterocycles. The molecule has 6 rings (SSSR count). The fraction of sp³-hybridized carbons (Fsp3) is 0.467. The van der Waals surface area contributed by atoms with Crippen molar-refractivity contribution in [1.29, 1.82) is 0 Å². The SMILES string of the molecule is CNC(=O)c1ccccc1Sc1ccc2c(/C=C/c3ccccn3)nn(C(=O)[C@H](CCC(=O)O)NC(=O)CCC(=O)N[C@H](C(=O)N[C@@H](CCN)C(=O)N[C@H]3CCNC(=O)[C@H]([C@@H](C)O)NC(=O)[C@H](CCN)NC(=O)[C@H](CCCN)NC(=O)[C@H](CC(C)C)NC(=O)[C@@H](Cc4ccccc4)NC(=O)[C@H](CCN)NC3=O)[C@@H](C)O)c2c1. The zero-order valence-corrected chi connectivity index (χ0v) is 63.9. The van der Waals surface area contributed by atoms with Crippen molar-refractivity contribution >= 4 is 118 Å². The number of fused-ring (bicyclic) bond motifs is 1. The van der Waals surface area contributed by atoms with Crippen LogP contribution in [0.5, 0.6) is 0 Å². The van der Waals surface area contributed by atoms with Gasteiger partial charge in [-0.05, 0) is 157 Å². The molecule has 606 valence electrons. The molecule has 3 heterocycles. The number of nitrogens with one attached hydrogen (secondary N) is 12. The van der Waals surface area contributed by atoms with Gasteiger partial charge in [-0.15, -0.1) is 0 Å². The van der Waals surface area contributed by atoms with Gasteiger partial charge in [-0.25, -0.2) is 0 Å². The molecule has 112 heavy (non-hydrogen) atoms. The summed E-state index contributed by atoms with van der Waals surface area (Å²) in [7, 11) is 1.49. The molecule has 37 heteroatoms. The molecule has 1 aliphatic rings. The predicted octanol–water partition coefficient (Wildman–Crippen LogP) is -2.40. The number of carboxylic acids is 1. The van der Waals surface area contributed by atoms with E-state index >= 15 is 0 Å². The van der Waals surface area contributed by atoms with E-state index in [-0.39, 0.29) is 88.5 Å². The van der Waals surface area contributed by atoms with Gasteiger partial charge >= 0.3 is 5.97 Å². The summed E-state index contributed by atoms with van der Waals surface area (Å²) in [6, 6.07) is 9.95. The second kappa shape index (κ2) is 45.3. The van der Waals surface area contributed by atoms with E-state index in [9.17, 15) is 82.4 Å². The molecule has 0 bridgehead atoms. The predicted molar refractivity (Wildman–Crippen MR) is 413 cm³/mol. The summed E-state index contributed by atoms with van der Waals surface area (Å²) in [5.74, 6) is -13.6. The van der Waals surface area contributed by atoms with Crippen LogP contribution < -0.4 is 86.7 Å². The Morgan fingerprint density at radius 3 is 1.82 bits per heavy atom. The van der Waals surface area contributed by atoms with Gasteiger partial charge in [0.25, 0.3) is 11.8 Å². The molecule has 0 spiro atoms. The van der Waals surface area contributed by atoms with Crippen molar-refractivity contribution < 1.29 is 82.4 Å². The third-order valence-electron chi connectivity index (χ3n) is 17.8. The molecular formula is C75H103N19O17S. The average molecular weight is 1570 g/mol. The molecule has 12 amide bonds. The maximum atomic E-state index is 14.7. The zero-order valence-electron chi connectivity index (χ0n) is 63.0. The average Bonchev–Trinajstić information content (AvgIpc) is 1.62. The van der Waals surface area contributed by atoms with Gasteiger partial charge in [0.05, 0.1) is 34.7 Å². The number of aliphatic hydroxyl groups excluding tert-OH is 2. The number of benzene rings is 3. The topological polar surface area (TPSA) is 579 Å². The van der Waals surface area contributed by atoms with Gasteiger partial charge in [0.2, 0.25) is 65.0 Å². The Hall–Kier alpha value is -11.1. The number of nitrogens with two attached hydrogens (primary N) is 4. The Labute approximate surface area is 651 Å². The normalized spacial score (nSPS) is 19.9. The van der Waals surface area contributed by atoms with Gasteiger partial charge in [-0.3, -0.25) is 72.1 Å². The van der Waals surface area contributed by atoms with Gasteiger partial charge in [-0.2, -0.15) is 9.78 Å².